The first kappa shape index (κ1) is 16.4. The molecule has 1 fully saturated rings. The fourth-order valence-corrected chi connectivity index (χ4v) is 2.70. The lowest BCUT2D eigenvalue weighted by atomic mass is 10.1. The van der Waals surface area contributed by atoms with Gasteiger partial charge in [-0.25, -0.2) is 0 Å². The number of methoxy groups -OCH3 is 3. The highest BCUT2D eigenvalue weighted by atomic mass is 16.5. The average Bonchev–Trinajstić information content (AvgIpc) is 2.77. The summed E-state index contributed by atoms with van der Waals surface area (Å²) in [6.45, 7) is 3.57. The molecule has 0 aromatic heterocycles. The third-order valence-corrected chi connectivity index (χ3v) is 4.06. The van der Waals surface area contributed by atoms with Gasteiger partial charge in [-0.3, -0.25) is 4.79 Å². The van der Waals surface area contributed by atoms with Gasteiger partial charge in [0.05, 0.1) is 53.6 Å². The van der Waals surface area contributed by atoms with Crippen molar-refractivity contribution in [2.75, 3.05) is 54.6 Å². The van der Waals surface area contributed by atoms with Gasteiger partial charge in [-0.2, -0.15) is 0 Å². The quantitative estimate of drug-likeness (QED) is 0.855. The number of rotatable bonds is 4. The second kappa shape index (κ2) is 7.35. The predicted molar refractivity (Wildman–Crippen MR) is 83.2 cm³/mol. The standard InChI is InChI=1S/C16H24N2O4/c1-17-6-5-7-18(9-8-17)16(19)12-10-14(21-3)15(22-4)11-13(12)20-2/h10-11H,5-9H2,1-4H3/p+1. The third kappa shape index (κ3) is 3.44. The summed E-state index contributed by atoms with van der Waals surface area (Å²) in [6, 6.07) is 3.39. The molecule has 1 atom stereocenters. The van der Waals surface area contributed by atoms with Crippen molar-refractivity contribution < 1.29 is 23.9 Å². The van der Waals surface area contributed by atoms with E-state index in [0.717, 1.165) is 32.6 Å². The number of amides is 1. The van der Waals surface area contributed by atoms with Crippen LogP contribution in [0.25, 0.3) is 0 Å². The second-order valence-electron chi connectivity index (χ2n) is 5.51. The number of hydrogen-bond donors (Lipinski definition) is 1. The minimum atomic E-state index is -0.0208. The van der Waals surface area contributed by atoms with Crippen molar-refractivity contribution in [3.63, 3.8) is 0 Å². The van der Waals surface area contributed by atoms with E-state index in [0.29, 0.717) is 22.8 Å². The van der Waals surface area contributed by atoms with Crippen LogP contribution in [-0.4, -0.2) is 65.4 Å². The maximum atomic E-state index is 12.8. The fraction of sp³-hybridized carbons (Fsp3) is 0.562. The molecule has 1 heterocycles. The number of hydrogen-bond acceptors (Lipinski definition) is 4. The smallest absolute Gasteiger partial charge is 0.257 e. The molecule has 0 saturated carbocycles. The lowest BCUT2D eigenvalue weighted by molar-refractivity contribution is -0.877. The Kier molecular flexibility index (Phi) is 5.49. The van der Waals surface area contributed by atoms with E-state index in [1.54, 1.807) is 33.5 Å². The van der Waals surface area contributed by atoms with E-state index in [1.165, 1.54) is 4.90 Å². The van der Waals surface area contributed by atoms with E-state index in [2.05, 4.69) is 7.05 Å². The SMILES string of the molecule is COc1cc(OC)c(C(=O)N2CCC[NH+](C)CC2)cc1OC. The Bertz CT molecular complexity index is 533. The molecule has 122 valence electrons. The number of nitrogens with zero attached hydrogens (tertiary/aromatic N) is 1. The van der Waals surface area contributed by atoms with Gasteiger partial charge in [0, 0.05) is 25.1 Å². The normalized spacial score (nSPS) is 18.5. The average molecular weight is 309 g/mol. The van der Waals surface area contributed by atoms with Crippen LogP contribution in [0.3, 0.4) is 0 Å². The molecular formula is C16H25N2O4+. The van der Waals surface area contributed by atoms with Crippen LogP contribution in [0.1, 0.15) is 16.8 Å². The van der Waals surface area contributed by atoms with E-state index >= 15 is 0 Å². The Morgan fingerprint density at radius 3 is 2.27 bits per heavy atom. The number of benzene rings is 1. The van der Waals surface area contributed by atoms with E-state index in [-0.39, 0.29) is 5.91 Å². The van der Waals surface area contributed by atoms with Gasteiger partial charge in [0.1, 0.15) is 5.75 Å². The molecule has 0 radical (unpaired) electrons. The summed E-state index contributed by atoms with van der Waals surface area (Å²) in [7, 11) is 6.83. The molecular weight excluding hydrogens is 284 g/mol. The van der Waals surface area contributed by atoms with Gasteiger partial charge < -0.3 is 24.0 Å². The second-order valence-corrected chi connectivity index (χ2v) is 5.51. The number of nitrogens with one attached hydrogen (secondary N) is 1. The van der Waals surface area contributed by atoms with Crippen LogP contribution in [0, 0.1) is 0 Å². The fourth-order valence-electron chi connectivity index (χ4n) is 2.70. The summed E-state index contributed by atoms with van der Waals surface area (Å²) >= 11 is 0. The molecule has 1 aromatic rings. The van der Waals surface area contributed by atoms with E-state index in [9.17, 15) is 4.79 Å². The van der Waals surface area contributed by atoms with Crippen LogP contribution >= 0.6 is 0 Å². The largest absolute Gasteiger partial charge is 0.496 e. The van der Waals surface area contributed by atoms with Crippen LogP contribution in [0.2, 0.25) is 0 Å². The lowest BCUT2D eigenvalue weighted by Gasteiger charge is -2.21. The van der Waals surface area contributed by atoms with Gasteiger partial charge in [-0.05, 0) is 0 Å². The van der Waals surface area contributed by atoms with Crippen molar-refractivity contribution in [2.45, 2.75) is 6.42 Å². The van der Waals surface area contributed by atoms with Crippen molar-refractivity contribution in [1.29, 1.82) is 0 Å². The van der Waals surface area contributed by atoms with Gasteiger partial charge >= 0.3 is 0 Å². The highest BCUT2D eigenvalue weighted by Crippen LogP contribution is 2.35. The highest BCUT2D eigenvalue weighted by Gasteiger charge is 2.25. The van der Waals surface area contributed by atoms with Crippen LogP contribution < -0.4 is 19.1 Å². The molecule has 1 N–H and O–H groups in total. The molecule has 2 rings (SSSR count). The third-order valence-electron chi connectivity index (χ3n) is 4.06. The van der Waals surface area contributed by atoms with Crippen LogP contribution in [-0.2, 0) is 0 Å². The summed E-state index contributed by atoms with van der Waals surface area (Å²) in [4.78, 5) is 16.2. The van der Waals surface area contributed by atoms with Gasteiger partial charge in [0.2, 0.25) is 0 Å². The molecule has 0 bridgehead atoms. The first-order chi connectivity index (χ1) is 10.6. The summed E-state index contributed by atoms with van der Waals surface area (Å²) < 4.78 is 15.9. The van der Waals surface area contributed by atoms with Gasteiger partial charge in [-0.15, -0.1) is 0 Å². The van der Waals surface area contributed by atoms with E-state index < -0.39 is 0 Å². The Morgan fingerprint density at radius 2 is 1.64 bits per heavy atom. The monoisotopic (exact) mass is 309 g/mol. The minimum absolute atomic E-state index is 0.0208. The molecule has 1 aliphatic rings. The minimum Gasteiger partial charge on any atom is -0.496 e. The molecule has 1 unspecified atom stereocenters. The van der Waals surface area contributed by atoms with Crippen molar-refractivity contribution >= 4 is 5.91 Å². The Balaban J connectivity index is 2.31. The Labute approximate surface area is 131 Å². The Hall–Kier alpha value is -1.95. The summed E-state index contributed by atoms with van der Waals surface area (Å²) in [5, 5.41) is 0. The number of carbonyl (C=O) groups is 1. The van der Waals surface area contributed by atoms with Crippen LogP contribution in [0.4, 0.5) is 0 Å². The highest BCUT2D eigenvalue weighted by molar-refractivity contribution is 5.97. The topological polar surface area (TPSA) is 52.4 Å². The first-order valence-electron chi connectivity index (χ1n) is 7.51. The molecule has 6 heteroatoms. The zero-order valence-corrected chi connectivity index (χ0v) is 13.8. The lowest BCUT2D eigenvalue weighted by Crippen LogP contribution is -3.09. The maximum Gasteiger partial charge on any atom is 0.257 e. The first-order valence-corrected chi connectivity index (χ1v) is 7.51. The van der Waals surface area contributed by atoms with Crippen molar-refractivity contribution in [1.82, 2.24) is 4.90 Å². The summed E-state index contributed by atoms with van der Waals surface area (Å²) in [5.74, 6) is 1.57. The van der Waals surface area contributed by atoms with E-state index in [4.69, 9.17) is 14.2 Å². The number of carbonyl (C=O) groups excluding carboxylic acids is 1. The number of likely N-dealkylation sites (N-methyl/N-ethyl adjacent to an activating group) is 1. The molecule has 1 aromatic carbocycles. The molecule has 0 aliphatic carbocycles. The van der Waals surface area contributed by atoms with E-state index in [1.807, 2.05) is 4.90 Å². The molecule has 1 saturated heterocycles. The van der Waals surface area contributed by atoms with Crippen molar-refractivity contribution in [3.8, 4) is 17.2 Å². The zero-order chi connectivity index (χ0) is 16.1. The summed E-state index contributed by atoms with van der Waals surface area (Å²) in [5.41, 5.74) is 0.514. The Morgan fingerprint density at radius 1 is 1.00 bits per heavy atom. The number of quaternary nitrogens is 1. The molecule has 6 nitrogen and oxygen atoms in total. The van der Waals surface area contributed by atoms with Gasteiger partial charge in [-0.1, -0.05) is 0 Å². The predicted octanol–water partition coefficient (Wildman–Crippen LogP) is 0.0730. The molecule has 1 amide bonds. The summed E-state index contributed by atoms with van der Waals surface area (Å²) in [6.07, 6.45) is 1.01. The molecule has 0 spiro atoms. The van der Waals surface area contributed by atoms with Crippen LogP contribution in [0.5, 0.6) is 17.2 Å². The van der Waals surface area contributed by atoms with Crippen LogP contribution in [0.15, 0.2) is 12.1 Å². The maximum absolute atomic E-state index is 12.8. The zero-order valence-electron chi connectivity index (χ0n) is 13.8. The number of ether oxygens (including phenoxy) is 3. The van der Waals surface area contributed by atoms with Gasteiger partial charge in [0.25, 0.3) is 5.91 Å². The molecule has 22 heavy (non-hydrogen) atoms. The van der Waals surface area contributed by atoms with Gasteiger partial charge in [0.15, 0.2) is 11.5 Å². The van der Waals surface area contributed by atoms with Crippen molar-refractivity contribution in [3.05, 3.63) is 17.7 Å². The molecule has 1 aliphatic heterocycles. The van der Waals surface area contributed by atoms with Crippen molar-refractivity contribution in [2.24, 2.45) is 0 Å².